The first-order valence-electron chi connectivity index (χ1n) is 12.3. The zero-order valence-electron chi connectivity index (χ0n) is 20.2. The lowest BCUT2D eigenvalue weighted by molar-refractivity contribution is -0.0794. The molecule has 2 N–H and O–H groups in total. The SMILES string of the molecule is NCCOCCSc1ccc(Cl)c(COC2(c3cnccc3-c3ccccc3OC3COC3)CC2)c1. The van der Waals surface area contributed by atoms with Gasteiger partial charge in [0.15, 0.2) is 0 Å². The van der Waals surface area contributed by atoms with Crippen molar-refractivity contribution < 1.29 is 18.9 Å². The summed E-state index contributed by atoms with van der Waals surface area (Å²) < 4.78 is 23.6. The van der Waals surface area contributed by atoms with Crippen LogP contribution < -0.4 is 10.5 Å². The van der Waals surface area contributed by atoms with Crippen LogP contribution in [0.1, 0.15) is 24.0 Å². The predicted molar refractivity (Wildman–Crippen MR) is 143 cm³/mol. The highest BCUT2D eigenvalue weighted by Gasteiger charge is 2.47. The first kappa shape index (κ1) is 25.5. The maximum atomic E-state index is 6.59. The van der Waals surface area contributed by atoms with Crippen LogP contribution in [0.25, 0.3) is 11.1 Å². The summed E-state index contributed by atoms with van der Waals surface area (Å²) in [4.78, 5) is 5.59. The Balaban J connectivity index is 1.31. The van der Waals surface area contributed by atoms with Crippen LogP contribution in [0.15, 0.2) is 65.8 Å². The van der Waals surface area contributed by atoms with Gasteiger partial charge in [-0.25, -0.2) is 0 Å². The minimum Gasteiger partial charge on any atom is -0.485 e. The van der Waals surface area contributed by atoms with E-state index in [0.29, 0.717) is 44.6 Å². The van der Waals surface area contributed by atoms with Gasteiger partial charge < -0.3 is 24.7 Å². The fourth-order valence-corrected chi connectivity index (χ4v) is 5.22. The number of pyridine rings is 1. The summed E-state index contributed by atoms with van der Waals surface area (Å²) in [5.74, 6) is 1.72. The molecule has 1 aliphatic heterocycles. The highest BCUT2D eigenvalue weighted by Crippen LogP contribution is 2.53. The van der Waals surface area contributed by atoms with E-state index in [1.165, 1.54) is 0 Å². The Kier molecular flexibility index (Phi) is 8.47. The van der Waals surface area contributed by atoms with Crippen LogP contribution in [-0.4, -0.2) is 49.8 Å². The van der Waals surface area contributed by atoms with E-state index in [-0.39, 0.29) is 11.7 Å². The maximum Gasteiger partial charge on any atom is 0.145 e. The Labute approximate surface area is 221 Å². The molecule has 3 aromatic rings. The Morgan fingerprint density at radius 1 is 1.08 bits per heavy atom. The monoisotopic (exact) mass is 526 g/mol. The molecule has 6 nitrogen and oxygen atoms in total. The van der Waals surface area contributed by atoms with Gasteiger partial charge in [0.05, 0.1) is 38.6 Å². The summed E-state index contributed by atoms with van der Waals surface area (Å²) in [7, 11) is 0. The molecule has 36 heavy (non-hydrogen) atoms. The molecule has 2 heterocycles. The summed E-state index contributed by atoms with van der Waals surface area (Å²) in [6.45, 7) is 3.49. The molecule has 1 aliphatic carbocycles. The van der Waals surface area contributed by atoms with Gasteiger partial charge in [-0.1, -0.05) is 29.8 Å². The smallest absolute Gasteiger partial charge is 0.145 e. The van der Waals surface area contributed by atoms with E-state index in [0.717, 1.165) is 51.5 Å². The molecule has 0 radical (unpaired) electrons. The van der Waals surface area contributed by atoms with Crippen LogP contribution >= 0.6 is 23.4 Å². The number of para-hydroxylation sites is 1. The fourth-order valence-electron chi connectivity index (χ4n) is 4.22. The van der Waals surface area contributed by atoms with Crippen molar-refractivity contribution in [2.24, 2.45) is 5.73 Å². The second kappa shape index (κ2) is 11.9. The third-order valence-electron chi connectivity index (χ3n) is 6.37. The number of halogens is 1. The van der Waals surface area contributed by atoms with Crippen LogP contribution in [-0.2, 0) is 26.4 Å². The summed E-state index contributed by atoms with van der Waals surface area (Å²) >= 11 is 8.28. The molecule has 2 aromatic carbocycles. The van der Waals surface area contributed by atoms with Crippen molar-refractivity contribution in [3.63, 3.8) is 0 Å². The zero-order chi connectivity index (χ0) is 24.8. The Morgan fingerprint density at radius 3 is 2.72 bits per heavy atom. The normalized spacial score (nSPS) is 16.5. The van der Waals surface area contributed by atoms with Crippen LogP contribution in [0.3, 0.4) is 0 Å². The summed E-state index contributed by atoms with van der Waals surface area (Å²) in [6.07, 6.45) is 5.74. The van der Waals surface area contributed by atoms with E-state index >= 15 is 0 Å². The van der Waals surface area contributed by atoms with Crippen molar-refractivity contribution in [3.8, 4) is 16.9 Å². The molecular weight excluding hydrogens is 496 g/mol. The van der Waals surface area contributed by atoms with Crippen LogP contribution in [0.4, 0.5) is 0 Å². The topological polar surface area (TPSA) is 75.8 Å². The quantitative estimate of drug-likeness (QED) is 0.234. The third kappa shape index (κ3) is 6.05. The van der Waals surface area contributed by atoms with E-state index in [9.17, 15) is 0 Å². The van der Waals surface area contributed by atoms with Gasteiger partial charge in [0.1, 0.15) is 11.9 Å². The van der Waals surface area contributed by atoms with Crippen LogP contribution in [0, 0.1) is 0 Å². The first-order chi connectivity index (χ1) is 17.7. The molecule has 5 rings (SSSR count). The predicted octanol–water partition coefficient (Wildman–Crippen LogP) is 5.45. The summed E-state index contributed by atoms with van der Waals surface area (Å²) in [5.41, 5.74) is 9.30. The Bertz CT molecular complexity index is 1170. The number of ether oxygens (including phenoxy) is 4. The van der Waals surface area contributed by atoms with Gasteiger partial charge in [-0.15, -0.1) is 11.8 Å². The molecule has 1 saturated heterocycles. The lowest BCUT2D eigenvalue weighted by atomic mass is 9.96. The number of nitrogens with zero attached hydrogens (tertiary/aromatic N) is 1. The number of rotatable bonds is 13. The molecule has 2 fully saturated rings. The van der Waals surface area contributed by atoms with Gasteiger partial charge in [0.25, 0.3) is 0 Å². The van der Waals surface area contributed by atoms with Crippen LogP contribution in [0.5, 0.6) is 5.75 Å². The van der Waals surface area contributed by atoms with Crippen molar-refractivity contribution in [2.45, 2.75) is 36.0 Å². The Hall–Kier alpha value is -2.13. The average Bonchev–Trinajstić information content (AvgIpc) is 3.67. The molecule has 190 valence electrons. The maximum absolute atomic E-state index is 6.59. The van der Waals surface area contributed by atoms with E-state index in [4.69, 9.17) is 36.3 Å². The molecule has 1 saturated carbocycles. The molecule has 0 amide bonds. The van der Waals surface area contributed by atoms with E-state index < -0.39 is 0 Å². The van der Waals surface area contributed by atoms with Crippen LogP contribution in [0.2, 0.25) is 5.02 Å². The highest BCUT2D eigenvalue weighted by molar-refractivity contribution is 7.99. The van der Waals surface area contributed by atoms with Gasteiger partial charge in [-0.05, 0) is 54.3 Å². The molecule has 2 aliphatic rings. The summed E-state index contributed by atoms with van der Waals surface area (Å²) in [5, 5.41) is 0.711. The van der Waals surface area contributed by atoms with Gasteiger partial charge in [-0.2, -0.15) is 0 Å². The summed E-state index contributed by atoms with van der Waals surface area (Å²) in [6, 6.07) is 16.3. The van der Waals surface area contributed by atoms with Crippen molar-refractivity contribution >= 4 is 23.4 Å². The first-order valence-corrected chi connectivity index (χ1v) is 13.7. The minimum absolute atomic E-state index is 0.0992. The number of hydrogen-bond donors (Lipinski definition) is 1. The van der Waals surface area contributed by atoms with E-state index in [1.54, 1.807) is 11.8 Å². The second-order valence-corrected chi connectivity index (χ2v) is 10.6. The molecule has 0 atom stereocenters. The zero-order valence-corrected chi connectivity index (χ0v) is 21.7. The molecule has 0 unspecified atom stereocenters. The molecule has 8 heteroatoms. The Morgan fingerprint density at radius 2 is 1.94 bits per heavy atom. The lowest BCUT2D eigenvalue weighted by Gasteiger charge is -2.28. The van der Waals surface area contributed by atoms with Gasteiger partial charge in [0, 0.05) is 45.7 Å². The molecule has 0 bridgehead atoms. The number of thioether (sulfide) groups is 1. The van der Waals surface area contributed by atoms with Crippen molar-refractivity contribution in [1.29, 1.82) is 0 Å². The number of benzene rings is 2. The van der Waals surface area contributed by atoms with Crippen molar-refractivity contribution in [3.05, 3.63) is 77.1 Å². The largest absolute Gasteiger partial charge is 0.485 e. The molecule has 0 spiro atoms. The molecular formula is C28H31ClN2O4S. The third-order valence-corrected chi connectivity index (χ3v) is 7.70. The van der Waals surface area contributed by atoms with E-state index in [1.807, 2.05) is 42.7 Å². The number of aromatic nitrogens is 1. The number of nitrogens with two attached hydrogens (primary N) is 1. The number of hydrogen-bond acceptors (Lipinski definition) is 7. The fraction of sp³-hybridized carbons (Fsp3) is 0.393. The minimum atomic E-state index is -0.376. The van der Waals surface area contributed by atoms with E-state index in [2.05, 4.69) is 23.2 Å². The van der Waals surface area contributed by atoms with Gasteiger partial charge in [-0.3, -0.25) is 4.98 Å². The highest BCUT2D eigenvalue weighted by atomic mass is 35.5. The van der Waals surface area contributed by atoms with Crippen molar-refractivity contribution in [2.75, 3.05) is 38.7 Å². The van der Waals surface area contributed by atoms with Gasteiger partial charge >= 0.3 is 0 Å². The van der Waals surface area contributed by atoms with Gasteiger partial charge in [0.2, 0.25) is 0 Å². The standard InChI is InChI=1S/C28H31ClN2O4S/c29-26-6-5-22(36-14-13-32-12-10-30)15-20(26)17-34-28(8-9-28)25-16-31-11-7-23(25)24-3-1-2-4-27(24)35-21-18-33-19-21/h1-7,11,15-16,21H,8-10,12-14,17-19,30H2. The second-order valence-electron chi connectivity index (χ2n) is 8.98. The van der Waals surface area contributed by atoms with Crippen molar-refractivity contribution in [1.82, 2.24) is 4.98 Å². The lowest BCUT2D eigenvalue weighted by Crippen LogP contribution is -2.38. The average molecular weight is 527 g/mol. The molecule has 1 aromatic heterocycles.